The Bertz CT molecular complexity index is 385. The van der Waals surface area contributed by atoms with E-state index < -0.39 is 0 Å². The molecule has 0 aliphatic rings. The Balaban J connectivity index is 2.27. The summed E-state index contributed by atoms with van der Waals surface area (Å²) in [7, 11) is 1.93. The lowest BCUT2D eigenvalue weighted by Gasteiger charge is -1.99. The Labute approximate surface area is 108 Å². The van der Waals surface area contributed by atoms with Gasteiger partial charge in [-0.2, -0.15) is 0 Å². The van der Waals surface area contributed by atoms with Gasteiger partial charge in [-0.1, -0.05) is 29.4 Å². The molecule has 0 heterocycles. The summed E-state index contributed by atoms with van der Waals surface area (Å²) in [6.07, 6.45) is 3.72. The molecule has 1 rings (SSSR count). The van der Waals surface area contributed by atoms with Gasteiger partial charge in [0, 0.05) is 5.56 Å². The predicted octanol–water partition coefficient (Wildman–Crippen LogP) is 2.24. The van der Waals surface area contributed by atoms with Gasteiger partial charge in [0.1, 0.15) is 6.61 Å². The van der Waals surface area contributed by atoms with Gasteiger partial charge in [-0.15, -0.1) is 0 Å². The number of hydrogen-bond acceptors (Lipinski definition) is 4. The van der Waals surface area contributed by atoms with E-state index in [9.17, 15) is 4.79 Å². The Morgan fingerprint density at radius 1 is 1.33 bits per heavy atom. The van der Waals surface area contributed by atoms with E-state index in [1.807, 2.05) is 19.2 Å². The Morgan fingerprint density at radius 3 is 2.67 bits per heavy atom. The molecule has 4 heteroatoms. The number of hydrogen-bond donors (Lipinski definition) is 1. The molecule has 0 unspecified atom stereocenters. The molecule has 0 atom stereocenters. The average Bonchev–Trinajstić information content (AvgIpc) is 2.38. The van der Waals surface area contributed by atoms with Gasteiger partial charge in [-0.05, 0) is 38.9 Å². The van der Waals surface area contributed by atoms with Crippen LogP contribution in [0.2, 0.25) is 0 Å². The monoisotopic (exact) mass is 248 g/mol. The SMILES string of the molecule is CNCCCCO/N=C/c1ccc(C(C)=O)cc1. The van der Waals surface area contributed by atoms with E-state index in [1.54, 1.807) is 25.3 Å². The molecule has 1 aromatic carbocycles. The zero-order valence-corrected chi connectivity index (χ0v) is 11.0. The van der Waals surface area contributed by atoms with Crippen molar-refractivity contribution in [1.29, 1.82) is 0 Å². The minimum atomic E-state index is 0.0688. The molecule has 0 fully saturated rings. The molecule has 0 bridgehead atoms. The van der Waals surface area contributed by atoms with E-state index in [0.29, 0.717) is 12.2 Å². The van der Waals surface area contributed by atoms with Crippen molar-refractivity contribution >= 4 is 12.0 Å². The van der Waals surface area contributed by atoms with E-state index in [0.717, 1.165) is 24.9 Å². The average molecular weight is 248 g/mol. The Hall–Kier alpha value is -1.68. The topological polar surface area (TPSA) is 50.7 Å². The van der Waals surface area contributed by atoms with Crippen molar-refractivity contribution in [3.63, 3.8) is 0 Å². The van der Waals surface area contributed by atoms with Gasteiger partial charge in [-0.3, -0.25) is 4.79 Å². The first-order chi connectivity index (χ1) is 8.74. The maximum atomic E-state index is 11.1. The van der Waals surface area contributed by atoms with Crippen molar-refractivity contribution in [2.75, 3.05) is 20.2 Å². The number of benzene rings is 1. The molecule has 0 spiro atoms. The number of Topliss-reactive ketones (excluding diaryl/α,β-unsaturated/α-hetero) is 1. The number of nitrogens with one attached hydrogen (secondary N) is 1. The second-order valence-electron chi connectivity index (χ2n) is 4.06. The molecule has 4 nitrogen and oxygen atoms in total. The lowest BCUT2D eigenvalue weighted by atomic mass is 10.1. The van der Waals surface area contributed by atoms with Crippen LogP contribution in [0.1, 0.15) is 35.7 Å². The van der Waals surface area contributed by atoms with Crippen LogP contribution in [-0.2, 0) is 4.84 Å². The predicted molar refractivity (Wildman–Crippen MR) is 73.2 cm³/mol. The molecule has 0 saturated carbocycles. The van der Waals surface area contributed by atoms with Crippen LogP contribution < -0.4 is 5.32 Å². The first kappa shape index (κ1) is 14.4. The van der Waals surface area contributed by atoms with Crippen LogP contribution in [0.3, 0.4) is 0 Å². The van der Waals surface area contributed by atoms with Crippen molar-refractivity contribution in [2.45, 2.75) is 19.8 Å². The van der Waals surface area contributed by atoms with Crippen molar-refractivity contribution in [1.82, 2.24) is 5.32 Å². The summed E-state index contributed by atoms with van der Waals surface area (Å²) in [4.78, 5) is 16.2. The number of unbranched alkanes of at least 4 members (excludes halogenated alkanes) is 1. The zero-order chi connectivity index (χ0) is 13.2. The molecule has 0 aromatic heterocycles. The van der Waals surface area contributed by atoms with Crippen LogP contribution in [0.15, 0.2) is 29.4 Å². The quantitative estimate of drug-likeness (QED) is 0.332. The number of carbonyl (C=O) groups is 1. The summed E-state index contributed by atoms with van der Waals surface area (Å²) in [5, 5.41) is 6.96. The fourth-order valence-corrected chi connectivity index (χ4v) is 1.42. The van der Waals surface area contributed by atoms with Crippen LogP contribution in [0.25, 0.3) is 0 Å². The van der Waals surface area contributed by atoms with E-state index >= 15 is 0 Å². The number of nitrogens with zero attached hydrogens (tertiary/aromatic N) is 1. The molecule has 1 N–H and O–H groups in total. The fraction of sp³-hybridized carbons (Fsp3) is 0.429. The first-order valence-corrected chi connectivity index (χ1v) is 6.15. The highest BCUT2D eigenvalue weighted by Gasteiger charge is 1.97. The van der Waals surface area contributed by atoms with Crippen LogP contribution in [-0.4, -0.2) is 32.2 Å². The smallest absolute Gasteiger partial charge is 0.159 e. The highest BCUT2D eigenvalue weighted by Crippen LogP contribution is 2.03. The highest BCUT2D eigenvalue weighted by atomic mass is 16.6. The summed E-state index contributed by atoms with van der Waals surface area (Å²) >= 11 is 0. The molecule has 0 aliphatic heterocycles. The maximum absolute atomic E-state index is 11.1. The second kappa shape index (κ2) is 8.42. The third-order valence-corrected chi connectivity index (χ3v) is 2.51. The lowest BCUT2D eigenvalue weighted by Crippen LogP contribution is -2.07. The standard InChI is InChI=1S/C14H20N2O2/c1-12(17)14-7-5-13(6-8-14)11-16-18-10-4-3-9-15-2/h5-8,11,15H,3-4,9-10H2,1-2H3/b16-11+. The second-order valence-corrected chi connectivity index (χ2v) is 4.06. The van der Waals surface area contributed by atoms with E-state index in [1.165, 1.54) is 0 Å². The van der Waals surface area contributed by atoms with Gasteiger partial charge in [0.25, 0.3) is 0 Å². The van der Waals surface area contributed by atoms with Gasteiger partial charge < -0.3 is 10.2 Å². The summed E-state index contributed by atoms with van der Waals surface area (Å²) in [5.74, 6) is 0.0688. The van der Waals surface area contributed by atoms with Crippen LogP contribution in [0.5, 0.6) is 0 Å². The zero-order valence-electron chi connectivity index (χ0n) is 11.0. The van der Waals surface area contributed by atoms with E-state index in [-0.39, 0.29) is 5.78 Å². The molecule has 0 radical (unpaired) electrons. The summed E-state index contributed by atoms with van der Waals surface area (Å²) in [6, 6.07) is 7.28. The van der Waals surface area contributed by atoms with E-state index in [4.69, 9.17) is 4.84 Å². The Morgan fingerprint density at radius 2 is 2.06 bits per heavy atom. The highest BCUT2D eigenvalue weighted by molar-refractivity contribution is 5.94. The number of oxime groups is 1. The molecule has 0 saturated heterocycles. The Kier molecular flexibility index (Phi) is 6.72. The summed E-state index contributed by atoms with van der Waals surface area (Å²) in [5.41, 5.74) is 1.63. The fourth-order valence-electron chi connectivity index (χ4n) is 1.42. The molecule has 1 aromatic rings. The molecular formula is C14H20N2O2. The number of rotatable bonds is 8. The van der Waals surface area contributed by atoms with Crippen LogP contribution in [0.4, 0.5) is 0 Å². The third-order valence-electron chi connectivity index (χ3n) is 2.51. The summed E-state index contributed by atoms with van der Waals surface area (Å²) < 4.78 is 0. The third kappa shape index (κ3) is 5.59. The van der Waals surface area contributed by atoms with Crippen LogP contribution in [0, 0.1) is 0 Å². The molecular weight excluding hydrogens is 228 g/mol. The maximum Gasteiger partial charge on any atom is 0.159 e. The van der Waals surface area contributed by atoms with Gasteiger partial charge >= 0.3 is 0 Å². The minimum absolute atomic E-state index is 0.0688. The largest absolute Gasteiger partial charge is 0.396 e. The van der Waals surface area contributed by atoms with Gasteiger partial charge in [-0.25, -0.2) is 0 Å². The van der Waals surface area contributed by atoms with Gasteiger partial charge in [0.05, 0.1) is 6.21 Å². The molecule has 0 amide bonds. The number of ketones is 1. The van der Waals surface area contributed by atoms with Gasteiger partial charge in [0.15, 0.2) is 5.78 Å². The molecule has 98 valence electrons. The van der Waals surface area contributed by atoms with Crippen molar-refractivity contribution < 1.29 is 9.63 Å². The van der Waals surface area contributed by atoms with Gasteiger partial charge in [0.2, 0.25) is 0 Å². The summed E-state index contributed by atoms with van der Waals surface area (Å²) in [6.45, 7) is 3.18. The van der Waals surface area contributed by atoms with Crippen LogP contribution >= 0.6 is 0 Å². The lowest BCUT2D eigenvalue weighted by molar-refractivity contribution is 0.101. The van der Waals surface area contributed by atoms with Crippen molar-refractivity contribution in [3.05, 3.63) is 35.4 Å². The van der Waals surface area contributed by atoms with Crippen molar-refractivity contribution in [2.24, 2.45) is 5.16 Å². The minimum Gasteiger partial charge on any atom is -0.396 e. The first-order valence-electron chi connectivity index (χ1n) is 6.15. The molecule has 0 aliphatic carbocycles. The molecule has 18 heavy (non-hydrogen) atoms. The van der Waals surface area contributed by atoms with E-state index in [2.05, 4.69) is 10.5 Å². The number of carbonyl (C=O) groups excluding carboxylic acids is 1. The normalized spacial score (nSPS) is 10.8. The van der Waals surface area contributed by atoms with Crippen molar-refractivity contribution in [3.8, 4) is 0 Å².